The van der Waals surface area contributed by atoms with Gasteiger partial charge in [0.15, 0.2) is 0 Å². The van der Waals surface area contributed by atoms with Crippen LogP contribution in [0.4, 0.5) is 0 Å². The van der Waals surface area contributed by atoms with Gasteiger partial charge in [-0.15, -0.1) is 0 Å². The number of benzene rings is 1. The zero-order valence-electron chi connectivity index (χ0n) is 10.9. The van der Waals surface area contributed by atoms with Crippen molar-refractivity contribution in [1.82, 2.24) is 0 Å². The highest BCUT2D eigenvalue weighted by Gasteiger charge is 2.32. The van der Waals surface area contributed by atoms with Crippen LogP contribution in [-0.2, 0) is 4.79 Å². The molecule has 1 N–H and O–H groups in total. The maximum Gasteiger partial charge on any atom is 0.306 e. The SMILES string of the molecule is COc1ccc([C@@H]2CC[C@H](C(=O)O)[C@H](C)C2)cc1. The number of carboxylic acids is 1. The van der Waals surface area contributed by atoms with Crippen LogP contribution < -0.4 is 4.74 Å². The van der Waals surface area contributed by atoms with Gasteiger partial charge in [0.1, 0.15) is 5.75 Å². The molecule has 0 amide bonds. The summed E-state index contributed by atoms with van der Waals surface area (Å²) in [5.41, 5.74) is 1.30. The van der Waals surface area contributed by atoms with Crippen molar-refractivity contribution in [2.45, 2.75) is 32.1 Å². The third-order valence-corrected chi connectivity index (χ3v) is 4.07. The van der Waals surface area contributed by atoms with Crippen LogP contribution in [0, 0.1) is 11.8 Å². The Balaban J connectivity index is 2.05. The molecule has 0 aromatic heterocycles. The fraction of sp³-hybridized carbons (Fsp3) is 0.533. The smallest absolute Gasteiger partial charge is 0.306 e. The minimum Gasteiger partial charge on any atom is -0.497 e. The summed E-state index contributed by atoms with van der Waals surface area (Å²) < 4.78 is 5.15. The highest BCUT2D eigenvalue weighted by Crippen LogP contribution is 2.39. The molecule has 1 saturated carbocycles. The van der Waals surface area contributed by atoms with Crippen LogP contribution in [0.3, 0.4) is 0 Å². The van der Waals surface area contributed by atoms with Crippen LogP contribution in [0.2, 0.25) is 0 Å². The lowest BCUT2D eigenvalue weighted by atomic mass is 9.73. The van der Waals surface area contributed by atoms with Gasteiger partial charge in [-0.05, 0) is 48.8 Å². The molecule has 0 saturated heterocycles. The predicted octanol–water partition coefficient (Wildman–Crippen LogP) is 3.30. The molecular weight excluding hydrogens is 228 g/mol. The summed E-state index contributed by atoms with van der Waals surface area (Å²) in [6, 6.07) is 8.14. The Hall–Kier alpha value is -1.51. The van der Waals surface area contributed by atoms with Crippen LogP contribution in [0.15, 0.2) is 24.3 Å². The predicted molar refractivity (Wildman–Crippen MR) is 69.9 cm³/mol. The number of hydrogen-bond donors (Lipinski definition) is 1. The van der Waals surface area contributed by atoms with E-state index in [9.17, 15) is 4.79 Å². The molecule has 1 fully saturated rings. The first-order chi connectivity index (χ1) is 8.61. The Morgan fingerprint density at radius 2 is 1.94 bits per heavy atom. The summed E-state index contributed by atoms with van der Waals surface area (Å²) in [7, 11) is 1.66. The van der Waals surface area contributed by atoms with Crippen molar-refractivity contribution in [3.8, 4) is 5.75 Å². The molecule has 0 spiro atoms. The van der Waals surface area contributed by atoms with Crippen molar-refractivity contribution >= 4 is 5.97 Å². The van der Waals surface area contributed by atoms with Crippen LogP contribution >= 0.6 is 0 Å². The van der Waals surface area contributed by atoms with Crippen LogP contribution in [0.25, 0.3) is 0 Å². The Labute approximate surface area is 108 Å². The lowest BCUT2D eigenvalue weighted by Gasteiger charge is -2.32. The number of carboxylic acid groups (broad SMARTS) is 1. The fourth-order valence-electron chi connectivity index (χ4n) is 2.94. The van der Waals surface area contributed by atoms with E-state index in [0.29, 0.717) is 5.92 Å². The van der Waals surface area contributed by atoms with E-state index in [1.165, 1.54) is 5.56 Å². The summed E-state index contributed by atoms with van der Waals surface area (Å²) in [6.07, 6.45) is 2.71. The van der Waals surface area contributed by atoms with E-state index in [4.69, 9.17) is 9.84 Å². The van der Waals surface area contributed by atoms with E-state index in [1.54, 1.807) is 7.11 Å². The average molecular weight is 248 g/mol. The molecule has 1 aromatic rings. The summed E-state index contributed by atoms with van der Waals surface area (Å²) in [4.78, 5) is 11.1. The number of rotatable bonds is 3. The van der Waals surface area contributed by atoms with E-state index >= 15 is 0 Å². The number of methoxy groups -OCH3 is 1. The first kappa shape index (κ1) is 12.9. The van der Waals surface area contributed by atoms with Crippen molar-refractivity contribution < 1.29 is 14.6 Å². The van der Waals surface area contributed by atoms with Gasteiger partial charge in [-0.25, -0.2) is 0 Å². The van der Waals surface area contributed by atoms with Crippen molar-refractivity contribution in [3.05, 3.63) is 29.8 Å². The van der Waals surface area contributed by atoms with E-state index in [0.717, 1.165) is 25.0 Å². The molecule has 0 bridgehead atoms. The number of aliphatic carboxylic acids is 1. The molecular formula is C15H20O3. The molecule has 98 valence electrons. The van der Waals surface area contributed by atoms with Gasteiger partial charge in [-0.2, -0.15) is 0 Å². The maximum absolute atomic E-state index is 11.1. The molecule has 3 heteroatoms. The third-order valence-electron chi connectivity index (χ3n) is 4.07. The highest BCUT2D eigenvalue weighted by atomic mass is 16.5. The standard InChI is InChI=1S/C15H20O3/c1-10-9-12(5-8-14(10)15(16)17)11-3-6-13(18-2)7-4-11/h3-4,6-7,10,12,14H,5,8-9H2,1-2H3,(H,16,17)/t10-,12-,14+/m1/s1. The molecule has 0 aliphatic heterocycles. The zero-order chi connectivity index (χ0) is 13.1. The second-order valence-corrected chi connectivity index (χ2v) is 5.21. The normalized spacial score (nSPS) is 27.8. The molecule has 1 aliphatic rings. The minimum atomic E-state index is -0.643. The van der Waals surface area contributed by atoms with Crippen molar-refractivity contribution in [3.63, 3.8) is 0 Å². The quantitative estimate of drug-likeness (QED) is 0.892. The van der Waals surface area contributed by atoms with E-state index < -0.39 is 5.97 Å². The number of hydrogen-bond acceptors (Lipinski definition) is 2. The number of ether oxygens (including phenoxy) is 1. The highest BCUT2D eigenvalue weighted by molar-refractivity contribution is 5.70. The van der Waals surface area contributed by atoms with Crippen LogP contribution in [-0.4, -0.2) is 18.2 Å². The molecule has 0 unspecified atom stereocenters. The third kappa shape index (κ3) is 2.66. The first-order valence-corrected chi connectivity index (χ1v) is 6.48. The van der Waals surface area contributed by atoms with Crippen LogP contribution in [0.1, 0.15) is 37.7 Å². The topological polar surface area (TPSA) is 46.5 Å². The second kappa shape index (κ2) is 5.42. The van der Waals surface area contributed by atoms with Gasteiger partial charge in [0.25, 0.3) is 0 Å². The van der Waals surface area contributed by atoms with E-state index in [1.807, 2.05) is 12.1 Å². The second-order valence-electron chi connectivity index (χ2n) is 5.21. The summed E-state index contributed by atoms with van der Waals surface area (Å²) >= 11 is 0. The van der Waals surface area contributed by atoms with Gasteiger partial charge in [-0.1, -0.05) is 19.1 Å². The van der Waals surface area contributed by atoms with Gasteiger partial charge in [-0.3, -0.25) is 4.79 Å². The van der Waals surface area contributed by atoms with Crippen molar-refractivity contribution in [1.29, 1.82) is 0 Å². The van der Waals surface area contributed by atoms with Gasteiger partial charge < -0.3 is 9.84 Å². The molecule has 0 radical (unpaired) electrons. The first-order valence-electron chi connectivity index (χ1n) is 6.48. The van der Waals surface area contributed by atoms with E-state index in [2.05, 4.69) is 19.1 Å². The summed E-state index contributed by atoms with van der Waals surface area (Å²) in [5.74, 6) is 0.797. The van der Waals surface area contributed by atoms with Gasteiger partial charge in [0, 0.05) is 0 Å². The molecule has 1 aliphatic carbocycles. The zero-order valence-corrected chi connectivity index (χ0v) is 10.9. The molecule has 18 heavy (non-hydrogen) atoms. The Bertz CT molecular complexity index is 410. The summed E-state index contributed by atoms with van der Waals surface area (Å²) in [6.45, 7) is 2.05. The fourth-order valence-corrected chi connectivity index (χ4v) is 2.94. The Morgan fingerprint density at radius 3 is 2.44 bits per heavy atom. The lowest BCUT2D eigenvalue weighted by molar-refractivity contribution is -0.144. The monoisotopic (exact) mass is 248 g/mol. The Kier molecular flexibility index (Phi) is 3.90. The van der Waals surface area contributed by atoms with Gasteiger partial charge >= 0.3 is 5.97 Å². The van der Waals surface area contributed by atoms with E-state index in [-0.39, 0.29) is 11.8 Å². The molecule has 1 aromatic carbocycles. The van der Waals surface area contributed by atoms with Gasteiger partial charge in [0.05, 0.1) is 13.0 Å². The Morgan fingerprint density at radius 1 is 1.28 bits per heavy atom. The van der Waals surface area contributed by atoms with Crippen molar-refractivity contribution in [2.24, 2.45) is 11.8 Å². The molecule has 2 rings (SSSR count). The van der Waals surface area contributed by atoms with Crippen LogP contribution in [0.5, 0.6) is 5.75 Å². The number of carbonyl (C=O) groups is 1. The summed E-state index contributed by atoms with van der Waals surface area (Å²) in [5, 5.41) is 9.12. The van der Waals surface area contributed by atoms with Crippen molar-refractivity contribution in [2.75, 3.05) is 7.11 Å². The lowest BCUT2D eigenvalue weighted by Crippen LogP contribution is -2.28. The molecule has 3 nitrogen and oxygen atoms in total. The average Bonchev–Trinajstić information content (AvgIpc) is 2.38. The maximum atomic E-state index is 11.1. The largest absolute Gasteiger partial charge is 0.497 e. The molecule has 3 atom stereocenters. The van der Waals surface area contributed by atoms with Gasteiger partial charge in [0.2, 0.25) is 0 Å². The molecule has 0 heterocycles. The minimum absolute atomic E-state index is 0.167.